The number of nitrogens with two attached hydrogens (primary N) is 1. The molecule has 1 aliphatic rings. The fraction of sp³-hybridized carbons (Fsp3) is 0.462. The fourth-order valence-electron chi connectivity index (χ4n) is 2.17. The molecule has 1 unspecified atom stereocenters. The van der Waals surface area contributed by atoms with Gasteiger partial charge in [-0.1, -0.05) is 0 Å². The number of carbonyl (C=O) groups is 1. The lowest BCUT2D eigenvalue weighted by Gasteiger charge is -2.33. The van der Waals surface area contributed by atoms with E-state index in [9.17, 15) is 4.79 Å². The van der Waals surface area contributed by atoms with Gasteiger partial charge in [-0.25, -0.2) is 0 Å². The van der Waals surface area contributed by atoms with Crippen molar-refractivity contribution in [2.45, 2.75) is 13.0 Å². The Morgan fingerprint density at radius 1 is 1.56 bits per heavy atom. The third kappa shape index (κ3) is 2.56. The molecule has 0 radical (unpaired) electrons. The van der Waals surface area contributed by atoms with Crippen LogP contribution in [0.5, 0.6) is 0 Å². The number of nitrogens with one attached hydrogen (secondary N) is 1. The molecule has 0 aromatic heterocycles. The first kappa shape index (κ1) is 12.7. The zero-order valence-corrected chi connectivity index (χ0v) is 10.8. The van der Waals surface area contributed by atoms with Crippen LogP contribution in [0.2, 0.25) is 0 Å². The maximum absolute atomic E-state index is 11.5. The van der Waals surface area contributed by atoms with Crippen LogP contribution in [0.25, 0.3) is 0 Å². The van der Waals surface area contributed by atoms with Gasteiger partial charge in [-0.3, -0.25) is 4.79 Å². The van der Waals surface area contributed by atoms with Crippen molar-refractivity contribution < 1.29 is 9.53 Å². The Morgan fingerprint density at radius 3 is 2.94 bits per heavy atom. The molecule has 1 aromatic carbocycles. The molecule has 3 N–H and O–H groups in total. The molecular weight excluding hydrogens is 230 g/mol. The molecule has 1 saturated heterocycles. The van der Waals surface area contributed by atoms with Crippen LogP contribution in [-0.4, -0.2) is 38.8 Å². The van der Waals surface area contributed by atoms with Gasteiger partial charge in [0.1, 0.15) is 0 Å². The average molecular weight is 249 g/mol. The Balaban J connectivity index is 2.21. The predicted molar refractivity (Wildman–Crippen MR) is 71.9 cm³/mol. The first-order valence-corrected chi connectivity index (χ1v) is 6.10. The van der Waals surface area contributed by atoms with E-state index in [1.165, 1.54) is 0 Å². The van der Waals surface area contributed by atoms with E-state index in [1.54, 1.807) is 19.2 Å². The molecule has 0 aliphatic carbocycles. The molecule has 0 spiro atoms. The number of ether oxygens (including phenoxy) is 1. The van der Waals surface area contributed by atoms with Gasteiger partial charge in [0.05, 0.1) is 24.1 Å². The Hall–Kier alpha value is -1.75. The normalized spacial score (nSPS) is 19.7. The lowest BCUT2D eigenvalue weighted by atomic mass is 10.1. The Bertz CT molecular complexity index is 448. The van der Waals surface area contributed by atoms with Crippen LogP contribution in [0.3, 0.4) is 0 Å². The van der Waals surface area contributed by atoms with Gasteiger partial charge in [-0.2, -0.15) is 0 Å². The van der Waals surface area contributed by atoms with Crippen molar-refractivity contribution in [3.8, 4) is 0 Å². The van der Waals surface area contributed by atoms with Gasteiger partial charge < -0.3 is 20.7 Å². The zero-order valence-electron chi connectivity index (χ0n) is 10.8. The predicted octanol–water partition coefficient (Wildman–Crippen LogP) is 0.853. The molecule has 18 heavy (non-hydrogen) atoms. The highest BCUT2D eigenvalue weighted by atomic mass is 16.5. The summed E-state index contributed by atoms with van der Waals surface area (Å²) in [4.78, 5) is 13.7. The van der Waals surface area contributed by atoms with Crippen LogP contribution in [0.1, 0.15) is 17.3 Å². The third-order valence-corrected chi connectivity index (χ3v) is 3.10. The van der Waals surface area contributed by atoms with Crippen molar-refractivity contribution in [2.75, 3.05) is 37.4 Å². The third-order valence-electron chi connectivity index (χ3n) is 3.10. The number of benzene rings is 1. The fourth-order valence-corrected chi connectivity index (χ4v) is 2.17. The van der Waals surface area contributed by atoms with Crippen LogP contribution >= 0.6 is 0 Å². The van der Waals surface area contributed by atoms with Crippen molar-refractivity contribution in [1.29, 1.82) is 0 Å². The quantitative estimate of drug-likeness (QED) is 0.763. The second-order valence-corrected chi connectivity index (χ2v) is 4.48. The highest BCUT2D eigenvalue weighted by Crippen LogP contribution is 2.26. The van der Waals surface area contributed by atoms with Gasteiger partial charge in [0, 0.05) is 25.7 Å². The van der Waals surface area contributed by atoms with Crippen molar-refractivity contribution in [1.82, 2.24) is 5.32 Å². The number of rotatable bonds is 2. The Kier molecular flexibility index (Phi) is 3.72. The summed E-state index contributed by atoms with van der Waals surface area (Å²) in [6.45, 7) is 4.40. The van der Waals surface area contributed by atoms with E-state index in [-0.39, 0.29) is 12.0 Å². The molecule has 1 aliphatic heterocycles. The molecule has 0 saturated carbocycles. The highest BCUT2D eigenvalue weighted by Gasteiger charge is 2.19. The van der Waals surface area contributed by atoms with E-state index in [4.69, 9.17) is 10.5 Å². The minimum atomic E-state index is -0.122. The molecule has 98 valence electrons. The SMILES string of the molecule is CNC(=O)c1ccc(N2CCOC(C)C2)c(N)c1. The smallest absolute Gasteiger partial charge is 0.251 e. The summed E-state index contributed by atoms with van der Waals surface area (Å²) in [5, 5.41) is 2.59. The van der Waals surface area contributed by atoms with Crippen LogP contribution in [0.4, 0.5) is 11.4 Å². The average Bonchev–Trinajstić information content (AvgIpc) is 2.37. The summed E-state index contributed by atoms with van der Waals surface area (Å²) in [6.07, 6.45) is 0.205. The first-order chi connectivity index (χ1) is 8.61. The number of hydrogen-bond donors (Lipinski definition) is 2. The van der Waals surface area contributed by atoms with Gasteiger partial charge in [0.2, 0.25) is 0 Å². The first-order valence-electron chi connectivity index (χ1n) is 6.10. The number of morpholine rings is 1. The van der Waals surface area contributed by atoms with E-state index in [2.05, 4.69) is 10.2 Å². The van der Waals surface area contributed by atoms with Gasteiger partial charge in [0.15, 0.2) is 0 Å². The summed E-state index contributed by atoms with van der Waals surface area (Å²) < 4.78 is 5.50. The number of anilines is 2. The molecule has 5 heteroatoms. The summed E-state index contributed by atoms with van der Waals surface area (Å²) >= 11 is 0. The van der Waals surface area contributed by atoms with Crippen LogP contribution in [-0.2, 0) is 4.74 Å². The zero-order chi connectivity index (χ0) is 13.1. The van der Waals surface area contributed by atoms with Crippen LogP contribution in [0.15, 0.2) is 18.2 Å². The van der Waals surface area contributed by atoms with E-state index in [0.29, 0.717) is 17.9 Å². The largest absolute Gasteiger partial charge is 0.397 e. The molecule has 2 rings (SSSR count). The van der Waals surface area contributed by atoms with Crippen molar-refractivity contribution in [3.05, 3.63) is 23.8 Å². The summed E-state index contributed by atoms with van der Waals surface area (Å²) in [6, 6.07) is 5.41. The van der Waals surface area contributed by atoms with Gasteiger partial charge in [-0.05, 0) is 25.1 Å². The number of carbonyl (C=O) groups excluding carboxylic acids is 1. The number of hydrogen-bond acceptors (Lipinski definition) is 4. The van der Waals surface area contributed by atoms with Crippen LogP contribution in [0, 0.1) is 0 Å². The van der Waals surface area contributed by atoms with E-state index in [1.807, 2.05) is 13.0 Å². The van der Waals surface area contributed by atoms with Crippen LogP contribution < -0.4 is 16.0 Å². The number of nitrogens with zero attached hydrogens (tertiary/aromatic N) is 1. The van der Waals surface area contributed by atoms with Crippen molar-refractivity contribution >= 4 is 17.3 Å². The van der Waals surface area contributed by atoms with E-state index >= 15 is 0 Å². The molecular formula is C13H19N3O2. The number of nitrogen functional groups attached to an aromatic ring is 1. The van der Waals surface area contributed by atoms with Gasteiger partial charge in [0.25, 0.3) is 5.91 Å². The number of amides is 1. The molecule has 1 fully saturated rings. The maximum atomic E-state index is 11.5. The standard InChI is InChI=1S/C13H19N3O2/c1-9-8-16(5-6-18-9)12-4-3-10(7-11(12)14)13(17)15-2/h3-4,7,9H,5-6,8,14H2,1-2H3,(H,15,17). The lowest BCUT2D eigenvalue weighted by molar-refractivity contribution is 0.0533. The summed E-state index contributed by atoms with van der Waals surface area (Å²) in [5.41, 5.74) is 8.21. The Labute approximate surface area is 107 Å². The maximum Gasteiger partial charge on any atom is 0.251 e. The second-order valence-electron chi connectivity index (χ2n) is 4.48. The lowest BCUT2D eigenvalue weighted by Crippen LogP contribution is -2.41. The second kappa shape index (κ2) is 5.27. The molecule has 1 heterocycles. The van der Waals surface area contributed by atoms with E-state index < -0.39 is 0 Å². The highest BCUT2D eigenvalue weighted by molar-refractivity contribution is 5.96. The van der Waals surface area contributed by atoms with Gasteiger partial charge in [-0.15, -0.1) is 0 Å². The van der Waals surface area contributed by atoms with Crippen molar-refractivity contribution in [2.24, 2.45) is 0 Å². The molecule has 1 atom stereocenters. The van der Waals surface area contributed by atoms with E-state index in [0.717, 1.165) is 18.8 Å². The topological polar surface area (TPSA) is 67.6 Å². The Morgan fingerprint density at radius 2 is 2.33 bits per heavy atom. The van der Waals surface area contributed by atoms with Crippen molar-refractivity contribution in [3.63, 3.8) is 0 Å². The van der Waals surface area contributed by atoms with Gasteiger partial charge >= 0.3 is 0 Å². The minimum absolute atomic E-state index is 0.122. The molecule has 1 aromatic rings. The monoisotopic (exact) mass is 249 g/mol. The molecule has 1 amide bonds. The summed E-state index contributed by atoms with van der Waals surface area (Å²) in [7, 11) is 1.61. The molecule has 5 nitrogen and oxygen atoms in total. The minimum Gasteiger partial charge on any atom is -0.397 e. The molecule has 0 bridgehead atoms. The summed E-state index contributed by atoms with van der Waals surface area (Å²) in [5.74, 6) is -0.122.